The smallest absolute Gasteiger partial charge is 0.305 e. The number of aliphatic hydroxyl groups excluding tert-OH is 2. The molecule has 2 atom stereocenters. The third-order valence-electron chi connectivity index (χ3n) is 15.3. The molecule has 0 spiro atoms. The van der Waals surface area contributed by atoms with Gasteiger partial charge in [0.15, 0.2) is 0 Å². The number of hydrogen-bond acceptors (Lipinski definition) is 5. The van der Waals surface area contributed by atoms with Gasteiger partial charge >= 0.3 is 5.97 Å². The zero-order valence-electron chi connectivity index (χ0n) is 48.2. The lowest BCUT2D eigenvalue weighted by molar-refractivity contribution is -0.143. The number of esters is 1. The molecule has 0 aromatic rings. The molecule has 71 heavy (non-hydrogen) atoms. The maximum atomic E-state index is 12.5. The van der Waals surface area contributed by atoms with Crippen LogP contribution < -0.4 is 5.32 Å². The van der Waals surface area contributed by atoms with Crippen LogP contribution in [0.5, 0.6) is 0 Å². The van der Waals surface area contributed by atoms with Gasteiger partial charge in [-0.2, -0.15) is 0 Å². The quantitative estimate of drug-likeness (QED) is 0.0320. The number of amides is 1. The van der Waals surface area contributed by atoms with Crippen LogP contribution in [0, 0.1) is 0 Å². The zero-order chi connectivity index (χ0) is 51.4. The molecular weight excluding hydrogens is 875 g/mol. The van der Waals surface area contributed by atoms with Gasteiger partial charge in [-0.3, -0.25) is 9.59 Å². The van der Waals surface area contributed by atoms with Crippen molar-refractivity contribution in [3.05, 3.63) is 12.2 Å². The number of carbonyl (C=O) groups is 2. The van der Waals surface area contributed by atoms with Crippen LogP contribution in [-0.2, 0) is 14.3 Å². The summed E-state index contributed by atoms with van der Waals surface area (Å²) in [6.07, 6.45) is 73.8. The number of carbonyl (C=O) groups excluding carboxylic acids is 2. The highest BCUT2D eigenvalue weighted by atomic mass is 16.5. The molecule has 6 heteroatoms. The molecule has 3 N–H and O–H groups in total. The fourth-order valence-corrected chi connectivity index (χ4v) is 10.3. The molecule has 422 valence electrons. The zero-order valence-corrected chi connectivity index (χ0v) is 48.2. The summed E-state index contributed by atoms with van der Waals surface area (Å²) >= 11 is 0. The predicted molar refractivity (Wildman–Crippen MR) is 310 cm³/mol. The molecule has 0 saturated heterocycles. The summed E-state index contributed by atoms with van der Waals surface area (Å²) in [5.74, 6) is -0.0219. The molecule has 0 fully saturated rings. The monoisotopic (exact) mass is 1000 g/mol. The molecule has 0 aromatic heterocycles. The van der Waals surface area contributed by atoms with Gasteiger partial charge in [-0.25, -0.2) is 0 Å². The van der Waals surface area contributed by atoms with E-state index in [0.29, 0.717) is 25.9 Å². The molecule has 0 bridgehead atoms. The van der Waals surface area contributed by atoms with Crippen molar-refractivity contribution in [3.8, 4) is 0 Å². The Morgan fingerprint density at radius 2 is 0.662 bits per heavy atom. The summed E-state index contributed by atoms with van der Waals surface area (Å²) in [5.41, 5.74) is 0. The van der Waals surface area contributed by atoms with Crippen LogP contribution in [0.2, 0.25) is 0 Å². The number of hydrogen-bond donors (Lipinski definition) is 3. The van der Waals surface area contributed by atoms with Crippen LogP contribution in [0.1, 0.15) is 367 Å². The van der Waals surface area contributed by atoms with E-state index < -0.39 is 12.1 Å². The Morgan fingerprint density at radius 3 is 1.00 bits per heavy atom. The Hall–Kier alpha value is -1.40. The Balaban J connectivity index is 3.35. The van der Waals surface area contributed by atoms with Crippen molar-refractivity contribution < 1.29 is 24.5 Å². The van der Waals surface area contributed by atoms with Gasteiger partial charge in [0.2, 0.25) is 5.91 Å². The third-order valence-corrected chi connectivity index (χ3v) is 15.3. The van der Waals surface area contributed by atoms with Crippen molar-refractivity contribution >= 4 is 11.9 Å². The van der Waals surface area contributed by atoms with E-state index >= 15 is 0 Å². The van der Waals surface area contributed by atoms with Gasteiger partial charge in [-0.05, 0) is 51.4 Å². The van der Waals surface area contributed by atoms with Crippen molar-refractivity contribution in [1.29, 1.82) is 0 Å². The lowest BCUT2D eigenvalue weighted by Crippen LogP contribution is -2.45. The molecule has 0 aromatic carbocycles. The van der Waals surface area contributed by atoms with Crippen LogP contribution in [-0.4, -0.2) is 47.4 Å². The first-order valence-corrected chi connectivity index (χ1v) is 32.4. The highest BCUT2D eigenvalue weighted by Crippen LogP contribution is 2.18. The topological polar surface area (TPSA) is 95.9 Å². The second-order valence-corrected chi connectivity index (χ2v) is 22.5. The summed E-state index contributed by atoms with van der Waals surface area (Å²) < 4.78 is 5.48. The first-order valence-electron chi connectivity index (χ1n) is 32.4. The van der Waals surface area contributed by atoms with Gasteiger partial charge in [0.25, 0.3) is 0 Å². The molecule has 0 rings (SSSR count). The molecule has 0 radical (unpaired) electrons. The summed E-state index contributed by atoms with van der Waals surface area (Å²) in [7, 11) is 0. The summed E-state index contributed by atoms with van der Waals surface area (Å²) in [6, 6.07) is -0.539. The van der Waals surface area contributed by atoms with Gasteiger partial charge in [0.1, 0.15) is 0 Å². The van der Waals surface area contributed by atoms with Crippen LogP contribution in [0.4, 0.5) is 0 Å². The Bertz CT molecular complexity index is 1060. The maximum absolute atomic E-state index is 12.5. The molecule has 2 unspecified atom stereocenters. The molecular formula is C65H127NO5. The third kappa shape index (κ3) is 57.7. The molecule has 0 saturated carbocycles. The van der Waals surface area contributed by atoms with E-state index in [2.05, 4.69) is 31.3 Å². The average Bonchev–Trinajstić information content (AvgIpc) is 3.37. The van der Waals surface area contributed by atoms with Gasteiger partial charge < -0.3 is 20.3 Å². The van der Waals surface area contributed by atoms with Gasteiger partial charge in [-0.15, -0.1) is 0 Å². The molecule has 6 nitrogen and oxygen atoms in total. The molecule has 0 aliphatic carbocycles. The lowest BCUT2D eigenvalue weighted by Gasteiger charge is -2.22. The van der Waals surface area contributed by atoms with E-state index in [-0.39, 0.29) is 18.5 Å². The normalized spacial score (nSPS) is 12.6. The summed E-state index contributed by atoms with van der Waals surface area (Å²) in [4.78, 5) is 24.5. The Labute approximate surface area is 444 Å². The van der Waals surface area contributed by atoms with E-state index in [9.17, 15) is 19.8 Å². The summed E-state index contributed by atoms with van der Waals surface area (Å²) in [6.45, 7) is 4.97. The number of nitrogens with one attached hydrogen (secondary N) is 1. The summed E-state index contributed by atoms with van der Waals surface area (Å²) in [5, 5.41) is 23.3. The second kappa shape index (κ2) is 61.1. The highest BCUT2D eigenvalue weighted by Gasteiger charge is 2.20. The Morgan fingerprint density at radius 1 is 0.380 bits per heavy atom. The van der Waals surface area contributed by atoms with Gasteiger partial charge in [0, 0.05) is 12.8 Å². The molecule has 0 heterocycles. The maximum Gasteiger partial charge on any atom is 0.305 e. The Kier molecular flexibility index (Phi) is 59.9. The average molecular weight is 1000 g/mol. The van der Waals surface area contributed by atoms with Crippen LogP contribution in [0.15, 0.2) is 12.2 Å². The minimum Gasteiger partial charge on any atom is -0.466 e. The number of unbranched alkanes of at least 4 members (excludes halogenated alkanes) is 48. The first kappa shape index (κ1) is 69.6. The first-order chi connectivity index (χ1) is 35.0. The van der Waals surface area contributed by atoms with Gasteiger partial charge in [-0.1, -0.05) is 315 Å². The molecule has 0 aliphatic heterocycles. The van der Waals surface area contributed by atoms with E-state index in [1.165, 1.54) is 289 Å². The van der Waals surface area contributed by atoms with E-state index in [0.717, 1.165) is 44.9 Å². The van der Waals surface area contributed by atoms with Crippen molar-refractivity contribution in [3.63, 3.8) is 0 Å². The largest absolute Gasteiger partial charge is 0.466 e. The fourth-order valence-electron chi connectivity index (χ4n) is 10.3. The van der Waals surface area contributed by atoms with Crippen molar-refractivity contribution in [2.45, 2.75) is 379 Å². The molecule has 0 aliphatic rings. The van der Waals surface area contributed by atoms with E-state index in [4.69, 9.17) is 4.74 Å². The van der Waals surface area contributed by atoms with Gasteiger partial charge in [0.05, 0.1) is 25.4 Å². The standard InChI is InChI=1S/C65H127NO5/c1-3-5-7-9-11-13-15-17-30-33-37-41-45-49-53-57-63(68)62(61-67)66-64(69)58-54-50-46-42-38-34-31-28-26-24-22-20-19-21-23-25-27-29-32-36-40-44-48-52-56-60-71-65(70)59-55-51-47-43-39-35-18-16-14-12-10-8-6-4-2/h16,18,62-63,67-68H,3-15,17,19-61H2,1-2H3,(H,66,69)/b18-16-. The SMILES string of the molecule is CCCCCCC/C=C\CCCCCCCC(=O)OCCCCCCCCCCCCCCCCCCCCCCCCCCCC(=O)NC(CO)C(O)CCCCCCCCCCCCCCCCC. The predicted octanol–water partition coefficient (Wildman–Crippen LogP) is 20.4. The minimum absolute atomic E-state index is 0.00858. The second-order valence-electron chi connectivity index (χ2n) is 22.5. The number of rotatable bonds is 61. The molecule has 1 amide bonds. The van der Waals surface area contributed by atoms with Crippen molar-refractivity contribution in [1.82, 2.24) is 5.32 Å². The number of aliphatic hydroxyl groups is 2. The van der Waals surface area contributed by atoms with Crippen LogP contribution in [0.3, 0.4) is 0 Å². The fraction of sp³-hybridized carbons (Fsp3) is 0.938. The van der Waals surface area contributed by atoms with Crippen molar-refractivity contribution in [2.75, 3.05) is 13.2 Å². The van der Waals surface area contributed by atoms with E-state index in [1.807, 2.05) is 0 Å². The van der Waals surface area contributed by atoms with Crippen LogP contribution in [0.25, 0.3) is 0 Å². The highest BCUT2D eigenvalue weighted by molar-refractivity contribution is 5.76. The minimum atomic E-state index is -0.662. The number of ether oxygens (including phenoxy) is 1. The van der Waals surface area contributed by atoms with E-state index in [1.54, 1.807) is 0 Å². The van der Waals surface area contributed by atoms with Crippen molar-refractivity contribution in [2.24, 2.45) is 0 Å². The van der Waals surface area contributed by atoms with Crippen LogP contribution >= 0.6 is 0 Å². The lowest BCUT2D eigenvalue weighted by atomic mass is 10.0. The number of allylic oxidation sites excluding steroid dienone is 2.